The van der Waals surface area contributed by atoms with Gasteiger partial charge in [-0.2, -0.15) is 0 Å². The first-order chi connectivity index (χ1) is 4.68. The molecule has 3 nitrogen and oxygen atoms in total. The lowest BCUT2D eigenvalue weighted by Gasteiger charge is -1.90. The Morgan fingerprint density at radius 3 is 2.10 bits per heavy atom. The van der Waals surface area contributed by atoms with Crippen LogP contribution in [0.3, 0.4) is 0 Å². The highest BCUT2D eigenvalue weighted by Gasteiger charge is 1.83. The largest absolute Gasteiger partial charge is 0.394 e. The van der Waals surface area contributed by atoms with E-state index in [0.717, 1.165) is 0 Å². The van der Waals surface area contributed by atoms with Crippen molar-refractivity contribution in [3.8, 4) is 0 Å². The van der Waals surface area contributed by atoms with Crippen molar-refractivity contribution in [2.24, 2.45) is 0 Å². The van der Waals surface area contributed by atoms with Crippen molar-refractivity contribution in [3.63, 3.8) is 0 Å². The molecule has 1 atom stereocenters. The average Bonchev–Trinajstić information content (AvgIpc) is 1.91. The number of aliphatic hydroxyl groups is 2. The zero-order valence-electron chi connectivity index (χ0n) is 6.58. The molecule has 0 aliphatic carbocycles. The van der Waals surface area contributed by atoms with E-state index < -0.39 is 6.10 Å². The third-order valence-electron chi connectivity index (χ3n) is 0.549. The lowest BCUT2D eigenvalue weighted by atomic mass is 10.5. The molecule has 10 heavy (non-hydrogen) atoms. The average molecular weight is 148 g/mol. The number of methoxy groups -OCH3 is 1. The highest BCUT2D eigenvalue weighted by molar-refractivity contribution is 4.62. The molecule has 0 saturated carbocycles. The molecule has 0 fully saturated rings. The molecule has 0 bridgehead atoms. The summed E-state index contributed by atoms with van der Waals surface area (Å²) in [4.78, 5) is 0. The van der Waals surface area contributed by atoms with Gasteiger partial charge < -0.3 is 14.9 Å². The predicted octanol–water partition coefficient (Wildman–Crippen LogP) is 0.178. The van der Waals surface area contributed by atoms with E-state index in [1.165, 1.54) is 6.92 Å². The van der Waals surface area contributed by atoms with Crippen molar-refractivity contribution in [1.29, 1.82) is 0 Å². The normalized spacial score (nSPS) is 11.2. The van der Waals surface area contributed by atoms with Crippen LogP contribution in [0.5, 0.6) is 0 Å². The molecule has 0 spiro atoms. The van der Waals surface area contributed by atoms with Crippen LogP contribution in [0.15, 0.2) is 12.7 Å². The van der Waals surface area contributed by atoms with Gasteiger partial charge in [-0.05, 0) is 6.92 Å². The molecule has 62 valence electrons. The zero-order chi connectivity index (χ0) is 8.41. The summed E-state index contributed by atoms with van der Waals surface area (Å²) in [6, 6.07) is 0. The van der Waals surface area contributed by atoms with Gasteiger partial charge in [0.05, 0.1) is 19.3 Å². The molecule has 0 amide bonds. The Hall–Kier alpha value is -0.380. The minimum absolute atomic E-state index is 0.139. The summed E-state index contributed by atoms with van der Waals surface area (Å²) in [7, 11) is 1.64. The molecule has 2 N–H and O–H groups in total. The maximum atomic E-state index is 8.11. The lowest BCUT2D eigenvalue weighted by Crippen LogP contribution is -2.03. The second-order valence-corrected chi connectivity index (χ2v) is 1.78. The maximum absolute atomic E-state index is 8.11. The molecular formula is C7H16O3. The summed E-state index contributed by atoms with van der Waals surface area (Å²) >= 11 is 0. The summed E-state index contributed by atoms with van der Waals surface area (Å²) < 4.78 is 4.57. The van der Waals surface area contributed by atoms with Crippen LogP contribution in [0.1, 0.15) is 6.92 Å². The molecule has 0 aliphatic heterocycles. The van der Waals surface area contributed by atoms with Crippen molar-refractivity contribution in [1.82, 2.24) is 0 Å². The third-order valence-corrected chi connectivity index (χ3v) is 0.549. The standard InChI is InChI=1S/C4H8O.C3H8O2/c1-3-4-5-2;1-3(5)2-4/h3H,1,4H2,2H3;3-5H,2H2,1H3. The van der Waals surface area contributed by atoms with E-state index in [0.29, 0.717) is 6.61 Å². The third kappa shape index (κ3) is 25.5. The number of hydrogen-bond donors (Lipinski definition) is 2. The molecule has 0 rings (SSSR count). The number of ether oxygens (including phenoxy) is 1. The monoisotopic (exact) mass is 148 g/mol. The van der Waals surface area contributed by atoms with Crippen LogP contribution in [0.2, 0.25) is 0 Å². The van der Waals surface area contributed by atoms with Crippen LogP contribution in [-0.4, -0.2) is 36.6 Å². The van der Waals surface area contributed by atoms with Gasteiger partial charge >= 0.3 is 0 Å². The molecule has 0 radical (unpaired) electrons. The molecule has 0 aromatic rings. The predicted molar refractivity (Wildman–Crippen MR) is 40.8 cm³/mol. The first-order valence-corrected chi connectivity index (χ1v) is 3.07. The van der Waals surface area contributed by atoms with Crippen LogP contribution in [-0.2, 0) is 4.74 Å². The van der Waals surface area contributed by atoms with E-state index in [1.54, 1.807) is 13.2 Å². The fourth-order valence-corrected chi connectivity index (χ4v) is 0.118. The van der Waals surface area contributed by atoms with E-state index in [-0.39, 0.29) is 6.61 Å². The minimum atomic E-state index is -0.560. The van der Waals surface area contributed by atoms with E-state index >= 15 is 0 Å². The first-order valence-electron chi connectivity index (χ1n) is 3.07. The van der Waals surface area contributed by atoms with Gasteiger partial charge in [-0.3, -0.25) is 0 Å². The van der Waals surface area contributed by atoms with Crippen molar-refractivity contribution < 1.29 is 14.9 Å². The van der Waals surface area contributed by atoms with Crippen LogP contribution >= 0.6 is 0 Å². The van der Waals surface area contributed by atoms with E-state index in [2.05, 4.69) is 11.3 Å². The summed E-state index contributed by atoms with van der Waals surface area (Å²) in [5.74, 6) is 0. The van der Waals surface area contributed by atoms with E-state index in [4.69, 9.17) is 10.2 Å². The molecule has 0 aromatic heterocycles. The van der Waals surface area contributed by atoms with Crippen LogP contribution in [0.25, 0.3) is 0 Å². The highest BCUT2D eigenvalue weighted by Crippen LogP contribution is 1.68. The van der Waals surface area contributed by atoms with Gasteiger partial charge in [-0.15, -0.1) is 6.58 Å². The molecule has 1 unspecified atom stereocenters. The SMILES string of the molecule is C=CCOC.CC(O)CO. The quantitative estimate of drug-likeness (QED) is 0.561. The fourth-order valence-electron chi connectivity index (χ4n) is 0.118. The van der Waals surface area contributed by atoms with Crippen molar-refractivity contribution >= 4 is 0 Å². The smallest absolute Gasteiger partial charge is 0.0742 e. The molecule has 0 aliphatic rings. The van der Waals surface area contributed by atoms with Gasteiger partial charge in [-0.25, -0.2) is 0 Å². The van der Waals surface area contributed by atoms with E-state index in [9.17, 15) is 0 Å². The van der Waals surface area contributed by atoms with Crippen molar-refractivity contribution in [3.05, 3.63) is 12.7 Å². The molecule has 0 heterocycles. The second kappa shape index (κ2) is 11.4. The molecule has 0 aromatic carbocycles. The number of rotatable bonds is 3. The van der Waals surface area contributed by atoms with Gasteiger partial charge in [0.1, 0.15) is 0 Å². The maximum Gasteiger partial charge on any atom is 0.0742 e. The first kappa shape index (κ1) is 12.3. The lowest BCUT2D eigenvalue weighted by molar-refractivity contribution is 0.110. The van der Waals surface area contributed by atoms with Gasteiger partial charge in [0.15, 0.2) is 0 Å². The Balaban J connectivity index is 0. The summed E-state index contributed by atoms with van der Waals surface area (Å²) in [6.45, 7) is 5.47. The minimum Gasteiger partial charge on any atom is -0.394 e. The van der Waals surface area contributed by atoms with Gasteiger partial charge in [0, 0.05) is 7.11 Å². The fraction of sp³-hybridized carbons (Fsp3) is 0.714. The summed E-state index contributed by atoms with van der Waals surface area (Å²) in [5, 5.41) is 16.0. The molecule has 0 saturated heterocycles. The summed E-state index contributed by atoms with van der Waals surface area (Å²) in [5.41, 5.74) is 0. The Morgan fingerprint density at radius 2 is 2.10 bits per heavy atom. The Labute approximate surface area is 61.9 Å². The van der Waals surface area contributed by atoms with Crippen molar-refractivity contribution in [2.45, 2.75) is 13.0 Å². The Morgan fingerprint density at radius 1 is 1.70 bits per heavy atom. The van der Waals surface area contributed by atoms with Crippen molar-refractivity contribution in [2.75, 3.05) is 20.3 Å². The summed E-state index contributed by atoms with van der Waals surface area (Å²) in [6.07, 6.45) is 1.15. The molecule has 3 heteroatoms. The van der Waals surface area contributed by atoms with Gasteiger partial charge in [0.2, 0.25) is 0 Å². The highest BCUT2D eigenvalue weighted by atomic mass is 16.5. The van der Waals surface area contributed by atoms with Gasteiger partial charge in [0.25, 0.3) is 0 Å². The van der Waals surface area contributed by atoms with Crippen LogP contribution in [0, 0.1) is 0 Å². The van der Waals surface area contributed by atoms with Crippen LogP contribution in [0.4, 0.5) is 0 Å². The second-order valence-electron chi connectivity index (χ2n) is 1.78. The molecular weight excluding hydrogens is 132 g/mol. The number of hydrogen-bond acceptors (Lipinski definition) is 3. The Bertz CT molecular complexity index is 61.9. The zero-order valence-corrected chi connectivity index (χ0v) is 6.58. The van der Waals surface area contributed by atoms with E-state index in [1.807, 2.05) is 0 Å². The Kier molecular flexibility index (Phi) is 14.1. The topological polar surface area (TPSA) is 49.7 Å². The number of aliphatic hydroxyl groups excluding tert-OH is 2. The van der Waals surface area contributed by atoms with Crippen LogP contribution < -0.4 is 0 Å². The van der Waals surface area contributed by atoms with Gasteiger partial charge in [-0.1, -0.05) is 6.08 Å².